The number of halogens is 2. The van der Waals surface area contributed by atoms with Gasteiger partial charge in [-0.2, -0.15) is 0 Å². The summed E-state index contributed by atoms with van der Waals surface area (Å²) in [6, 6.07) is 7.29. The van der Waals surface area contributed by atoms with Crippen molar-refractivity contribution in [1.82, 2.24) is 4.98 Å². The fraction of sp³-hybridized carbons (Fsp3) is 0.381. The molecule has 0 aliphatic rings. The van der Waals surface area contributed by atoms with Crippen LogP contribution in [0.15, 0.2) is 24.3 Å². The molecule has 2 rings (SSSR count). The standard InChI is InChI=1S/C21H23Cl2NO5/c1-4-28-20(26)12(3)17-16(21(27)29-5-2)15(18(24-17)19(23)25)10-9-13-7-6-8-14(22)11-13/h6-8,11-12,24H,4-5,9-10H2,1-3H3. The summed E-state index contributed by atoms with van der Waals surface area (Å²) in [6.45, 7) is 5.31. The Balaban J connectivity index is 2.51. The maximum absolute atomic E-state index is 12.7. The number of carbonyl (C=O) groups excluding carboxylic acids is 3. The molecule has 0 saturated heterocycles. The van der Waals surface area contributed by atoms with Gasteiger partial charge >= 0.3 is 11.9 Å². The number of aromatic nitrogens is 1. The maximum Gasteiger partial charge on any atom is 0.340 e. The van der Waals surface area contributed by atoms with Gasteiger partial charge in [0.25, 0.3) is 5.24 Å². The van der Waals surface area contributed by atoms with E-state index in [0.717, 1.165) is 5.56 Å². The highest BCUT2D eigenvalue weighted by Gasteiger charge is 2.32. The highest BCUT2D eigenvalue weighted by atomic mass is 35.5. The maximum atomic E-state index is 12.7. The Morgan fingerprint density at radius 2 is 1.79 bits per heavy atom. The van der Waals surface area contributed by atoms with E-state index < -0.39 is 23.1 Å². The average molecular weight is 440 g/mol. The van der Waals surface area contributed by atoms with Crippen LogP contribution in [0.2, 0.25) is 5.02 Å². The third-order valence-corrected chi connectivity index (χ3v) is 4.86. The first-order valence-electron chi connectivity index (χ1n) is 9.32. The van der Waals surface area contributed by atoms with Gasteiger partial charge in [-0.25, -0.2) is 4.79 Å². The fourth-order valence-corrected chi connectivity index (χ4v) is 3.46. The van der Waals surface area contributed by atoms with Gasteiger partial charge in [-0.15, -0.1) is 0 Å². The Hall–Kier alpha value is -2.31. The molecule has 2 aromatic rings. The number of ether oxygens (including phenoxy) is 2. The Morgan fingerprint density at radius 1 is 1.10 bits per heavy atom. The number of esters is 2. The highest BCUT2D eigenvalue weighted by molar-refractivity contribution is 6.67. The van der Waals surface area contributed by atoms with E-state index in [1.165, 1.54) is 0 Å². The summed E-state index contributed by atoms with van der Waals surface area (Å²) in [4.78, 5) is 39.9. The van der Waals surface area contributed by atoms with E-state index >= 15 is 0 Å². The van der Waals surface area contributed by atoms with E-state index in [1.54, 1.807) is 26.8 Å². The normalized spacial score (nSPS) is 11.8. The lowest BCUT2D eigenvalue weighted by atomic mass is 9.96. The van der Waals surface area contributed by atoms with Gasteiger partial charge in [-0.3, -0.25) is 9.59 Å². The van der Waals surface area contributed by atoms with Crippen LogP contribution < -0.4 is 0 Å². The molecule has 1 unspecified atom stereocenters. The Bertz CT molecular complexity index is 906. The predicted octanol–water partition coefficient (Wildman–Crippen LogP) is 4.68. The number of rotatable bonds is 9. The summed E-state index contributed by atoms with van der Waals surface area (Å²) in [6.07, 6.45) is 0.837. The second-order valence-electron chi connectivity index (χ2n) is 6.37. The van der Waals surface area contributed by atoms with Crippen LogP contribution in [0.5, 0.6) is 0 Å². The molecule has 1 N–H and O–H groups in total. The van der Waals surface area contributed by atoms with E-state index in [-0.39, 0.29) is 30.2 Å². The molecule has 0 fully saturated rings. The topological polar surface area (TPSA) is 85.5 Å². The van der Waals surface area contributed by atoms with Gasteiger partial charge in [-0.1, -0.05) is 23.7 Å². The number of hydrogen-bond acceptors (Lipinski definition) is 5. The lowest BCUT2D eigenvalue weighted by Gasteiger charge is -2.12. The van der Waals surface area contributed by atoms with Crippen LogP contribution in [-0.2, 0) is 27.1 Å². The molecule has 1 aromatic carbocycles. The number of aromatic amines is 1. The third kappa shape index (κ3) is 5.61. The van der Waals surface area contributed by atoms with Crippen molar-refractivity contribution in [2.45, 2.75) is 39.5 Å². The van der Waals surface area contributed by atoms with Crippen molar-refractivity contribution in [3.63, 3.8) is 0 Å². The van der Waals surface area contributed by atoms with Gasteiger partial charge in [0.05, 0.1) is 24.7 Å². The van der Waals surface area contributed by atoms with Crippen LogP contribution in [0.1, 0.15) is 64.4 Å². The first-order valence-corrected chi connectivity index (χ1v) is 10.1. The van der Waals surface area contributed by atoms with Gasteiger partial charge in [0.1, 0.15) is 5.69 Å². The number of nitrogens with one attached hydrogen (secondary N) is 1. The van der Waals surface area contributed by atoms with E-state index in [0.29, 0.717) is 23.4 Å². The minimum atomic E-state index is -0.802. The van der Waals surface area contributed by atoms with Crippen molar-refractivity contribution < 1.29 is 23.9 Å². The largest absolute Gasteiger partial charge is 0.465 e. The van der Waals surface area contributed by atoms with Crippen LogP contribution in [0.25, 0.3) is 0 Å². The zero-order valence-electron chi connectivity index (χ0n) is 16.5. The molecule has 0 amide bonds. The summed E-state index contributed by atoms with van der Waals surface area (Å²) in [5, 5.41) is -0.161. The molecule has 156 valence electrons. The molecule has 1 aromatic heterocycles. The lowest BCUT2D eigenvalue weighted by molar-refractivity contribution is -0.144. The molecule has 0 aliphatic heterocycles. The van der Waals surface area contributed by atoms with Gasteiger partial charge in [0.2, 0.25) is 0 Å². The summed E-state index contributed by atoms with van der Waals surface area (Å²) < 4.78 is 10.2. The minimum Gasteiger partial charge on any atom is -0.465 e. The number of carbonyl (C=O) groups is 3. The quantitative estimate of drug-likeness (QED) is 0.452. The molecule has 8 heteroatoms. The van der Waals surface area contributed by atoms with E-state index in [1.807, 2.05) is 18.2 Å². The Kier molecular flexibility index (Phi) is 8.29. The zero-order chi connectivity index (χ0) is 21.6. The van der Waals surface area contributed by atoms with Crippen molar-refractivity contribution in [3.05, 3.63) is 57.4 Å². The van der Waals surface area contributed by atoms with Crippen LogP contribution in [0.3, 0.4) is 0 Å². The second-order valence-corrected chi connectivity index (χ2v) is 7.14. The lowest BCUT2D eigenvalue weighted by Crippen LogP contribution is -2.17. The molecular formula is C21H23Cl2NO5. The Labute approximate surface area is 179 Å². The van der Waals surface area contributed by atoms with Crippen molar-refractivity contribution in [3.8, 4) is 0 Å². The van der Waals surface area contributed by atoms with Gasteiger partial charge < -0.3 is 14.5 Å². The number of aryl methyl sites for hydroxylation is 1. The molecule has 0 saturated carbocycles. The van der Waals surface area contributed by atoms with Crippen LogP contribution in [0, 0.1) is 0 Å². The van der Waals surface area contributed by atoms with Crippen molar-refractivity contribution in [1.29, 1.82) is 0 Å². The van der Waals surface area contributed by atoms with Crippen molar-refractivity contribution in [2.75, 3.05) is 13.2 Å². The molecule has 1 atom stereocenters. The number of benzene rings is 1. The molecule has 0 radical (unpaired) electrons. The van der Waals surface area contributed by atoms with Crippen molar-refractivity contribution in [2.24, 2.45) is 0 Å². The van der Waals surface area contributed by atoms with Gasteiger partial charge in [-0.05, 0) is 68.5 Å². The average Bonchev–Trinajstić information content (AvgIpc) is 3.06. The summed E-state index contributed by atoms with van der Waals surface area (Å²) in [5.41, 5.74) is 1.82. The van der Waals surface area contributed by atoms with Gasteiger partial charge in [0, 0.05) is 10.7 Å². The first-order chi connectivity index (χ1) is 13.8. The third-order valence-electron chi connectivity index (χ3n) is 4.43. The fourth-order valence-electron chi connectivity index (χ4n) is 3.09. The molecule has 0 bridgehead atoms. The zero-order valence-corrected chi connectivity index (χ0v) is 18.0. The van der Waals surface area contributed by atoms with E-state index in [9.17, 15) is 14.4 Å². The first kappa shape index (κ1) is 23.0. The van der Waals surface area contributed by atoms with Crippen LogP contribution in [0.4, 0.5) is 0 Å². The molecular weight excluding hydrogens is 417 g/mol. The summed E-state index contributed by atoms with van der Waals surface area (Å²) in [7, 11) is 0. The van der Waals surface area contributed by atoms with Crippen LogP contribution in [-0.4, -0.2) is 35.4 Å². The molecule has 1 heterocycles. The smallest absolute Gasteiger partial charge is 0.340 e. The van der Waals surface area contributed by atoms with E-state index in [2.05, 4.69) is 4.98 Å². The SMILES string of the molecule is CCOC(=O)c1c(C(C)C(=O)OCC)[nH]c(C(=O)Cl)c1CCc1cccc(Cl)c1. The molecule has 0 spiro atoms. The predicted molar refractivity (Wildman–Crippen MR) is 111 cm³/mol. The number of H-pyrrole nitrogens is 1. The van der Waals surface area contributed by atoms with Gasteiger partial charge in [0.15, 0.2) is 0 Å². The van der Waals surface area contributed by atoms with Crippen LogP contribution >= 0.6 is 23.2 Å². The minimum absolute atomic E-state index is 0.0721. The molecule has 0 aliphatic carbocycles. The summed E-state index contributed by atoms with van der Waals surface area (Å²) >= 11 is 11.8. The van der Waals surface area contributed by atoms with E-state index in [4.69, 9.17) is 32.7 Å². The monoisotopic (exact) mass is 439 g/mol. The summed E-state index contributed by atoms with van der Waals surface area (Å²) in [5.74, 6) is -1.95. The number of hydrogen-bond donors (Lipinski definition) is 1. The highest BCUT2D eigenvalue weighted by Crippen LogP contribution is 2.30. The second kappa shape index (κ2) is 10.5. The molecule has 29 heavy (non-hydrogen) atoms. The molecule has 6 nitrogen and oxygen atoms in total. The Morgan fingerprint density at radius 3 is 2.38 bits per heavy atom. The van der Waals surface area contributed by atoms with Crippen molar-refractivity contribution >= 4 is 40.4 Å².